The molecule has 0 unspecified atom stereocenters. The SMILES string of the molecule is Brc1csc(CNC2CCC2)n1. The molecule has 1 aliphatic rings. The molecule has 1 saturated carbocycles. The fraction of sp³-hybridized carbons (Fsp3) is 0.625. The normalized spacial score (nSPS) is 17.8. The van der Waals surface area contributed by atoms with E-state index in [-0.39, 0.29) is 0 Å². The highest BCUT2D eigenvalue weighted by molar-refractivity contribution is 9.10. The second-order valence-corrected chi connectivity index (χ2v) is 4.83. The van der Waals surface area contributed by atoms with Crippen LogP contribution in [0.2, 0.25) is 0 Å². The van der Waals surface area contributed by atoms with Crippen molar-refractivity contribution in [1.82, 2.24) is 10.3 Å². The van der Waals surface area contributed by atoms with Crippen molar-refractivity contribution in [2.45, 2.75) is 31.8 Å². The Bertz CT molecular complexity index is 257. The standard InChI is InChI=1S/C8H11BrN2S/c9-7-5-12-8(11-7)4-10-6-2-1-3-6/h5-6,10H,1-4H2. The van der Waals surface area contributed by atoms with Gasteiger partial charge in [-0.05, 0) is 28.8 Å². The van der Waals surface area contributed by atoms with Gasteiger partial charge in [0.25, 0.3) is 0 Å². The number of halogens is 1. The first-order valence-corrected chi connectivity index (χ1v) is 5.85. The summed E-state index contributed by atoms with van der Waals surface area (Å²) in [5.74, 6) is 0. The number of rotatable bonds is 3. The summed E-state index contributed by atoms with van der Waals surface area (Å²) in [5.41, 5.74) is 0. The lowest BCUT2D eigenvalue weighted by molar-refractivity contribution is 0.338. The van der Waals surface area contributed by atoms with Crippen LogP contribution in [0.1, 0.15) is 24.3 Å². The third kappa shape index (κ3) is 2.06. The highest BCUT2D eigenvalue weighted by Gasteiger charge is 2.16. The van der Waals surface area contributed by atoms with Gasteiger partial charge in [0.1, 0.15) is 9.61 Å². The van der Waals surface area contributed by atoms with Crippen LogP contribution >= 0.6 is 27.3 Å². The molecule has 2 nitrogen and oxygen atoms in total. The third-order valence-corrected chi connectivity index (χ3v) is 3.73. The maximum absolute atomic E-state index is 4.31. The van der Waals surface area contributed by atoms with E-state index in [4.69, 9.17) is 0 Å². The molecule has 4 heteroatoms. The van der Waals surface area contributed by atoms with E-state index in [1.54, 1.807) is 11.3 Å². The molecular weight excluding hydrogens is 236 g/mol. The van der Waals surface area contributed by atoms with Gasteiger partial charge in [0.15, 0.2) is 0 Å². The quantitative estimate of drug-likeness (QED) is 0.887. The maximum atomic E-state index is 4.31. The van der Waals surface area contributed by atoms with Gasteiger partial charge in [-0.2, -0.15) is 0 Å². The molecule has 1 fully saturated rings. The lowest BCUT2D eigenvalue weighted by Crippen LogP contribution is -2.34. The topological polar surface area (TPSA) is 24.9 Å². The van der Waals surface area contributed by atoms with Gasteiger partial charge >= 0.3 is 0 Å². The monoisotopic (exact) mass is 246 g/mol. The Morgan fingerprint density at radius 2 is 2.50 bits per heavy atom. The Balaban J connectivity index is 1.79. The van der Waals surface area contributed by atoms with E-state index in [0.717, 1.165) is 17.2 Å². The molecule has 0 radical (unpaired) electrons. The van der Waals surface area contributed by atoms with Gasteiger partial charge < -0.3 is 5.32 Å². The van der Waals surface area contributed by atoms with Crippen molar-refractivity contribution in [1.29, 1.82) is 0 Å². The molecule has 1 N–H and O–H groups in total. The van der Waals surface area contributed by atoms with E-state index in [1.165, 1.54) is 24.3 Å². The Morgan fingerprint density at radius 1 is 1.67 bits per heavy atom. The van der Waals surface area contributed by atoms with E-state index in [9.17, 15) is 0 Å². The van der Waals surface area contributed by atoms with Crippen molar-refractivity contribution in [2.75, 3.05) is 0 Å². The predicted molar refractivity (Wildman–Crippen MR) is 54.3 cm³/mol. The number of nitrogens with zero attached hydrogens (tertiary/aromatic N) is 1. The predicted octanol–water partition coefficient (Wildman–Crippen LogP) is 2.55. The van der Waals surface area contributed by atoms with Gasteiger partial charge in [0, 0.05) is 18.0 Å². The molecule has 1 aromatic rings. The van der Waals surface area contributed by atoms with Gasteiger partial charge in [-0.1, -0.05) is 6.42 Å². The second-order valence-electron chi connectivity index (χ2n) is 3.07. The number of thiazole rings is 1. The van der Waals surface area contributed by atoms with Crippen LogP contribution in [0.15, 0.2) is 9.98 Å². The number of hydrogen-bond acceptors (Lipinski definition) is 3. The van der Waals surface area contributed by atoms with E-state index >= 15 is 0 Å². The molecule has 1 aliphatic carbocycles. The fourth-order valence-electron chi connectivity index (χ4n) is 1.21. The van der Waals surface area contributed by atoms with Crippen molar-refractivity contribution in [3.8, 4) is 0 Å². The van der Waals surface area contributed by atoms with Crippen molar-refractivity contribution in [3.05, 3.63) is 15.0 Å². The van der Waals surface area contributed by atoms with Crippen LogP contribution in [0.3, 0.4) is 0 Å². The molecule has 0 saturated heterocycles. The first-order valence-electron chi connectivity index (χ1n) is 4.18. The lowest BCUT2D eigenvalue weighted by atomic mass is 9.93. The Kier molecular flexibility index (Phi) is 2.78. The third-order valence-electron chi connectivity index (χ3n) is 2.17. The van der Waals surface area contributed by atoms with Gasteiger partial charge in [-0.25, -0.2) is 4.98 Å². The lowest BCUT2D eigenvalue weighted by Gasteiger charge is -2.25. The Morgan fingerprint density at radius 3 is 3.00 bits per heavy atom. The summed E-state index contributed by atoms with van der Waals surface area (Å²) < 4.78 is 0.956. The molecule has 1 aromatic heterocycles. The number of hydrogen-bond donors (Lipinski definition) is 1. The summed E-state index contributed by atoms with van der Waals surface area (Å²) in [4.78, 5) is 4.31. The van der Waals surface area contributed by atoms with Crippen LogP contribution in [0.4, 0.5) is 0 Å². The molecule has 0 aromatic carbocycles. The first kappa shape index (κ1) is 8.66. The molecule has 0 bridgehead atoms. The molecule has 0 atom stereocenters. The van der Waals surface area contributed by atoms with Gasteiger partial charge in [0.05, 0.1) is 0 Å². The summed E-state index contributed by atoms with van der Waals surface area (Å²) in [6, 6.07) is 0.757. The average molecular weight is 247 g/mol. The van der Waals surface area contributed by atoms with Crippen LogP contribution in [0.5, 0.6) is 0 Å². The van der Waals surface area contributed by atoms with Crippen molar-refractivity contribution in [3.63, 3.8) is 0 Å². The minimum atomic E-state index is 0.757. The fourth-order valence-corrected chi connectivity index (χ4v) is 2.43. The largest absolute Gasteiger partial charge is 0.308 e. The molecule has 2 rings (SSSR count). The van der Waals surface area contributed by atoms with Crippen LogP contribution in [-0.2, 0) is 6.54 Å². The number of nitrogens with one attached hydrogen (secondary N) is 1. The van der Waals surface area contributed by atoms with Gasteiger partial charge in [-0.15, -0.1) is 11.3 Å². The molecule has 12 heavy (non-hydrogen) atoms. The van der Waals surface area contributed by atoms with Crippen LogP contribution in [-0.4, -0.2) is 11.0 Å². The summed E-state index contributed by atoms with van der Waals surface area (Å²) >= 11 is 5.05. The Labute approximate surface area is 84.5 Å². The van der Waals surface area contributed by atoms with Crippen LogP contribution in [0, 0.1) is 0 Å². The van der Waals surface area contributed by atoms with Crippen molar-refractivity contribution in [2.24, 2.45) is 0 Å². The molecule has 0 aliphatic heterocycles. The average Bonchev–Trinajstić information content (AvgIpc) is 2.32. The smallest absolute Gasteiger partial charge is 0.117 e. The molecule has 1 heterocycles. The summed E-state index contributed by atoms with van der Waals surface area (Å²) in [7, 11) is 0. The zero-order valence-corrected chi connectivity index (χ0v) is 9.12. The summed E-state index contributed by atoms with van der Waals surface area (Å²) in [5, 5.41) is 6.68. The van der Waals surface area contributed by atoms with E-state index in [1.807, 2.05) is 5.38 Å². The van der Waals surface area contributed by atoms with E-state index in [0.29, 0.717) is 0 Å². The van der Waals surface area contributed by atoms with Gasteiger partial charge in [0.2, 0.25) is 0 Å². The minimum absolute atomic E-state index is 0.757. The molecule has 66 valence electrons. The van der Waals surface area contributed by atoms with Crippen LogP contribution < -0.4 is 5.32 Å². The molecule has 0 spiro atoms. The summed E-state index contributed by atoms with van der Waals surface area (Å²) in [6.07, 6.45) is 4.07. The highest BCUT2D eigenvalue weighted by atomic mass is 79.9. The van der Waals surface area contributed by atoms with E-state index < -0.39 is 0 Å². The first-order chi connectivity index (χ1) is 5.84. The molecular formula is C8H11BrN2S. The molecule has 0 amide bonds. The highest BCUT2D eigenvalue weighted by Crippen LogP contribution is 2.20. The van der Waals surface area contributed by atoms with Crippen molar-refractivity contribution < 1.29 is 0 Å². The second kappa shape index (κ2) is 3.85. The summed E-state index contributed by atoms with van der Waals surface area (Å²) in [6.45, 7) is 0.931. The van der Waals surface area contributed by atoms with Crippen LogP contribution in [0.25, 0.3) is 0 Å². The van der Waals surface area contributed by atoms with Gasteiger partial charge in [-0.3, -0.25) is 0 Å². The maximum Gasteiger partial charge on any atom is 0.117 e. The van der Waals surface area contributed by atoms with Crippen molar-refractivity contribution >= 4 is 27.3 Å². The number of aromatic nitrogens is 1. The van der Waals surface area contributed by atoms with E-state index in [2.05, 4.69) is 26.2 Å². The Hall–Kier alpha value is 0.0700. The zero-order chi connectivity index (χ0) is 8.39. The zero-order valence-electron chi connectivity index (χ0n) is 6.72. The minimum Gasteiger partial charge on any atom is -0.308 e.